The predicted octanol–water partition coefficient (Wildman–Crippen LogP) is 5.44. The fraction of sp³-hybridized carbons (Fsp3) is 0.188. The van der Waals surface area contributed by atoms with Gasteiger partial charge in [0.2, 0.25) is 0 Å². The van der Waals surface area contributed by atoms with Crippen molar-refractivity contribution in [3.63, 3.8) is 0 Å². The topological polar surface area (TPSA) is 48.0 Å². The van der Waals surface area contributed by atoms with E-state index in [0.717, 1.165) is 33.0 Å². The van der Waals surface area contributed by atoms with Crippen LogP contribution in [-0.4, -0.2) is 24.1 Å². The van der Waals surface area contributed by atoms with Crippen molar-refractivity contribution in [2.24, 2.45) is 0 Å². The third-order valence-corrected chi connectivity index (χ3v) is 5.17. The van der Waals surface area contributed by atoms with Gasteiger partial charge < -0.3 is 0 Å². The number of nitrogens with zero attached hydrogens (tertiary/aromatic N) is 5. The monoisotopic (exact) mass is 433 g/mol. The van der Waals surface area contributed by atoms with Crippen LogP contribution >= 0.6 is 23.4 Å². The highest BCUT2D eigenvalue weighted by Gasteiger charge is 2.32. The van der Waals surface area contributed by atoms with E-state index in [9.17, 15) is 22.0 Å². The van der Waals surface area contributed by atoms with Gasteiger partial charge in [-0.3, -0.25) is 8.97 Å². The maximum Gasteiger partial charge on any atom is 0.417 e. The molecule has 0 N–H and O–H groups in total. The van der Waals surface area contributed by atoms with E-state index in [1.807, 2.05) is 0 Å². The van der Waals surface area contributed by atoms with E-state index in [2.05, 4.69) is 15.2 Å². The van der Waals surface area contributed by atoms with E-state index >= 15 is 0 Å². The van der Waals surface area contributed by atoms with Crippen LogP contribution < -0.4 is 0 Å². The summed E-state index contributed by atoms with van der Waals surface area (Å²) in [7, 11) is 0. The maximum atomic E-state index is 13.5. The summed E-state index contributed by atoms with van der Waals surface area (Å²) in [5.74, 6) is 0.0178. The molecule has 4 rings (SSSR count). The first-order chi connectivity index (χ1) is 13.3. The first kappa shape index (κ1) is 18.9. The molecule has 3 heterocycles. The molecule has 0 saturated carbocycles. The molecule has 0 unspecified atom stereocenters. The lowest BCUT2D eigenvalue weighted by Gasteiger charge is -2.09. The Balaban J connectivity index is 1.71. The number of aromatic nitrogens is 5. The zero-order valence-corrected chi connectivity index (χ0v) is 15.2. The molecule has 4 aromatic rings. The molecule has 0 aliphatic heterocycles. The SMILES string of the molecule is FC(F)n1c(CSc2nnc3c(Cl)cc(C(F)(F)F)cn23)nc2ccccc21. The fourth-order valence-electron chi connectivity index (χ4n) is 2.73. The standard InChI is InChI=1S/C16H9ClF5N5S/c17-9-5-8(16(20,21)22)6-26-13(9)24-25-15(26)28-7-12-23-10-3-1-2-4-11(10)27(12)14(18)19/h1-6,14H,7H2. The molecule has 0 aliphatic carbocycles. The van der Waals surface area contributed by atoms with Gasteiger partial charge in [0.25, 0.3) is 0 Å². The van der Waals surface area contributed by atoms with E-state index in [4.69, 9.17) is 11.6 Å². The highest BCUT2D eigenvalue weighted by Crippen LogP contribution is 2.34. The summed E-state index contributed by atoms with van der Waals surface area (Å²) in [6, 6.07) is 7.17. The van der Waals surface area contributed by atoms with Crippen molar-refractivity contribution in [2.45, 2.75) is 23.6 Å². The average molecular weight is 434 g/mol. The number of halogens is 6. The van der Waals surface area contributed by atoms with Gasteiger partial charge in [-0.2, -0.15) is 22.0 Å². The van der Waals surface area contributed by atoms with Gasteiger partial charge in [0, 0.05) is 6.20 Å². The number of benzene rings is 1. The minimum atomic E-state index is -4.60. The number of para-hydroxylation sites is 2. The summed E-state index contributed by atoms with van der Waals surface area (Å²) < 4.78 is 67.9. The molecule has 1 aromatic carbocycles. The lowest BCUT2D eigenvalue weighted by molar-refractivity contribution is -0.137. The minimum Gasteiger partial charge on any atom is -0.276 e. The smallest absolute Gasteiger partial charge is 0.276 e. The Labute approximate surface area is 163 Å². The van der Waals surface area contributed by atoms with E-state index in [0.29, 0.717) is 5.52 Å². The normalized spacial score (nSPS) is 12.5. The summed E-state index contributed by atoms with van der Waals surface area (Å²) in [6.07, 6.45) is -3.78. The number of pyridine rings is 1. The van der Waals surface area contributed by atoms with Gasteiger partial charge in [-0.05, 0) is 18.2 Å². The summed E-state index contributed by atoms with van der Waals surface area (Å²) in [4.78, 5) is 4.19. The van der Waals surface area contributed by atoms with Crippen LogP contribution in [0, 0.1) is 0 Å². The quantitative estimate of drug-likeness (QED) is 0.318. The molecular weight excluding hydrogens is 425 g/mol. The molecule has 3 aromatic heterocycles. The predicted molar refractivity (Wildman–Crippen MR) is 93.5 cm³/mol. The maximum absolute atomic E-state index is 13.5. The van der Waals surface area contributed by atoms with Crippen LogP contribution in [0.1, 0.15) is 17.9 Å². The second kappa shape index (κ2) is 6.89. The van der Waals surface area contributed by atoms with Crippen LogP contribution in [0.25, 0.3) is 16.7 Å². The molecule has 0 saturated heterocycles. The Hall–Kier alpha value is -2.40. The highest BCUT2D eigenvalue weighted by molar-refractivity contribution is 7.98. The number of hydrogen-bond acceptors (Lipinski definition) is 4. The zero-order chi connectivity index (χ0) is 20.1. The van der Waals surface area contributed by atoms with Crippen molar-refractivity contribution in [3.8, 4) is 0 Å². The molecule has 5 nitrogen and oxygen atoms in total. The Kier molecular flexibility index (Phi) is 4.66. The second-order valence-electron chi connectivity index (χ2n) is 5.70. The molecule has 0 radical (unpaired) electrons. The van der Waals surface area contributed by atoms with Gasteiger partial charge >= 0.3 is 12.7 Å². The number of alkyl halides is 5. The number of imidazole rings is 1. The zero-order valence-electron chi connectivity index (χ0n) is 13.7. The van der Waals surface area contributed by atoms with Crippen LogP contribution in [0.4, 0.5) is 22.0 Å². The second-order valence-corrected chi connectivity index (χ2v) is 7.05. The van der Waals surface area contributed by atoms with Crippen LogP contribution in [0.2, 0.25) is 5.02 Å². The van der Waals surface area contributed by atoms with Gasteiger partial charge in [-0.1, -0.05) is 35.5 Å². The number of hydrogen-bond donors (Lipinski definition) is 0. The van der Waals surface area contributed by atoms with E-state index in [1.165, 1.54) is 6.07 Å². The number of fused-ring (bicyclic) bond motifs is 2. The van der Waals surface area contributed by atoms with Crippen molar-refractivity contribution < 1.29 is 22.0 Å². The van der Waals surface area contributed by atoms with E-state index < -0.39 is 18.3 Å². The molecule has 0 bridgehead atoms. The lowest BCUT2D eigenvalue weighted by Crippen LogP contribution is -2.07. The summed E-state index contributed by atoms with van der Waals surface area (Å²) in [5.41, 5.74) is -0.264. The van der Waals surface area contributed by atoms with Gasteiger partial charge in [0.15, 0.2) is 10.8 Å². The van der Waals surface area contributed by atoms with Crippen LogP contribution in [0.3, 0.4) is 0 Å². The molecule has 0 aliphatic rings. The third-order valence-electron chi connectivity index (χ3n) is 3.95. The minimum absolute atomic E-state index is 0.0412. The third kappa shape index (κ3) is 3.28. The summed E-state index contributed by atoms with van der Waals surface area (Å²) >= 11 is 6.80. The van der Waals surface area contributed by atoms with Gasteiger partial charge in [0.05, 0.1) is 27.4 Å². The molecular formula is C16H9ClF5N5S. The molecule has 28 heavy (non-hydrogen) atoms. The molecule has 0 fully saturated rings. The lowest BCUT2D eigenvalue weighted by atomic mass is 10.3. The number of rotatable bonds is 4. The Morgan fingerprint density at radius 2 is 1.89 bits per heavy atom. The molecule has 0 spiro atoms. The van der Waals surface area contributed by atoms with Crippen molar-refractivity contribution in [2.75, 3.05) is 0 Å². The Morgan fingerprint density at radius 3 is 2.61 bits per heavy atom. The van der Waals surface area contributed by atoms with Crippen molar-refractivity contribution in [1.29, 1.82) is 0 Å². The van der Waals surface area contributed by atoms with E-state index in [1.54, 1.807) is 18.2 Å². The van der Waals surface area contributed by atoms with Gasteiger partial charge in [-0.15, -0.1) is 10.2 Å². The average Bonchev–Trinajstić information content (AvgIpc) is 3.20. The van der Waals surface area contributed by atoms with Gasteiger partial charge in [-0.25, -0.2) is 4.98 Å². The van der Waals surface area contributed by atoms with Crippen LogP contribution in [0.5, 0.6) is 0 Å². The molecule has 12 heteroatoms. The molecule has 0 amide bonds. The first-order valence-electron chi connectivity index (χ1n) is 7.74. The highest BCUT2D eigenvalue weighted by atomic mass is 35.5. The van der Waals surface area contributed by atoms with Gasteiger partial charge in [0.1, 0.15) is 5.82 Å². The first-order valence-corrected chi connectivity index (χ1v) is 9.10. The van der Waals surface area contributed by atoms with Crippen LogP contribution in [0.15, 0.2) is 41.7 Å². The van der Waals surface area contributed by atoms with Crippen molar-refractivity contribution in [3.05, 3.63) is 52.9 Å². The molecule has 146 valence electrons. The fourth-order valence-corrected chi connectivity index (χ4v) is 3.82. The van der Waals surface area contributed by atoms with Crippen LogP contribution in [-0.2, 0) is 11.9 Å². The van der Waals surface area contributed by atoms with Crippen molar-refractivity contribution in [1.82, 2.24) is 24.1 Å². The van der Waals surface area contributed by atoms with E-state index in [-0.39, 0.29) is 32.9 Å². The summed E-state index contributed by atoms with van der Waals surface area (Å²) in [5, 5.41) is 7.46. The summed E-state index contributed by atoms with van der Waals surface area (Å²) in [6.45, 7) is -2.82. The largest absolute Gasteiger partial charge is 0.417 e. The Morgan fingerprint density at radius 1 is 1.14 bits per heavy atom. The molecule has 0 atom stereocenters. The number of thioether (sulfide) groups is 1. The Bertz CT molecular complexity index is 1170. The van der Waals surface area contributed by atoms with Crippen molar-refractivity contribution >= 4 is 40.0 Å².